The van der Waals surface area contributed by atoms with Gasteiger partial charge in [-0.2, -0.15) is 0 Å². The van der Waals surface area contributed by atoms with E-state index in [4.69, 9.17) is 14.9 Å². The molecule has 0 aliphatic carbocycles. The molecule has 2 aromatic rings. The number of nitrogen functional groups attached to an aromatic ring is 1. The van der Waals surface area contributed by atoms with Gasteiger partial charge in [-0.3, -0.25) is 18.9 Å². The zero-order valence-electron chi connectivity index (χ0n) is 21.1. The zero-order valence-corrected chi connectivity index (χ0v) is 22.8. The van der Waals surface area contributed by atoms with Gasteiger partial charge in [0.05, 0.1) is 6.61 Å². The topological polar surface area (TPSA) is 174 Å². The van der Waals surface area contributed by atoms with Crippen LogP contribution in [0.5, 0.6) is 0 Å². The number of nitrogens with zero attached hydrogens (tertiary/aromatic N) is 1. The molecule has 0 saturated heterocycles. The largest absolute Gasteiger partial charge is 0.480 e. The molecule has 2 aromatic heterocycles. The second kappa shape index (κ2) is 9.85. The van der Waals surface area contributed by atoms with Crippen LogP contribution in [-0.2, 0) is 18.9 Å². The molecule has 0 bridgehead atoms. The Balaban J connectivity index is 2.61. The predicted molar refractivity (Wildman–Crippen MR) is 134 cm³/mol. The van der Waals surface area contributed by atoms with Gasteiger partial charge in [-0.1, -0.05) is 32.1 Å². The van der Waals surface area contributed by atoms with Crippen molar-refractivity contribution in [1.29, 1.82) is 0 Å². The molecule has 0 amide bonds. The average molecular weight is 529 g/mol. The lowest BCUT2D eigenvalue weighted by Crippen LogP contribution is -2.54. The standard InChI is InChI=1S/C22H33N4O7PS/c1-9-32-18(30)22(7,8)26-34(31,25-21(5,6)17(28)29)13-11-10-12(33-13)14-15(35-19(23)24-14)16(27)20(2,3)4/h10-11H,9H2,1-8H3,(H2,23,24)(H,28,29)(H2,25,26,31). The molecule has 13 heteroatoms. The van der Waals surface area contributed by atoms with Gasteiger partial charge in [0.1, 0.15) is 21.6 Å². The Hall–Kier alpha value is -2.53. The van der Waals surface area contributed by atoms with Crippen molar-refractivity contribution < 1.29 is 33.2 Å². The first-order chi connectivity index (χ1) is 15.8. The number of aliphatic carboxylic acids is 1. The van der Waals surface area contributed by atoms with Crippen molar-refractivity contribution in [2.45, 2.75) is 66.5 Å². The van der Waals surface area contributed by atoms with Gasteiger partial charge in [0.25, 0.3) is 7.44 Å². The summed E-state index contributed by atoms with van der Waals surface area (Å²) in [6, 6.07) is 2.83. The number of ketones is 1. The summed E-state index contributed by atoms with van der Waals surface area (Å²) in [6.07, 6.45) is 0. The van der Waals surface area contributed by atoms with Crippen LogP contribution in [-0.4, -0.2) is 45.5 Å². The highest BCUT2D eigenvalue weighted by molar-refractivity contribution is 7.67. The normalized spacial score (nSPS) is 14.4. The lowest BCUT2D eigenvalue weighted by atomic mass is 9.89. The van der Waals surface area contributed by atoms with Gasteiger partial charge in [-0.25, -0.2) is 15.2 Å². The van der Waals surface area contributed by atoms with Crippen LogP contribution in [0.1, 0.15) is 65.1 Å². The Bertz CT molecular complexity index is 1180. The van der Waals surface area contributed by atoms with Gasteiger partial charge in [0, 0.05) is 5.41 Å². The van der Waals surface area contributed by atoms with E-state index < -0.39 is 35.9 Å². The summed E-state index contributed by atoms with van der Waals surface area (Å²) >= 11 is 1.01. The third-order valence-corrected chi connectivity index (χ3v) is 8.35. The number of carboxylic acids is 1. The highest BCUT2D eigenvalue weighted by Crippen LogP contribution is 2.43. The minimum absolute atomic E-state index is 0.100. The summed E-state index contributed by atoms with van der Waals surface area (Å²) in [6.45, 7) is 12.6. The molecule has 0 aliphatic rings. The van der Waals surface area contributed by atoms with Gasteiger partial charge in [0.2, 0.25) is 0 Å². The SMILES string of the molecule is CCOC(=O)C(C)(C)NP(=O)(NC(C)(C)C(=O)O)c1ccc(-c2nc(N)sc2C(=O)C(C)(C)C)o1. The summed E-state index contributed by atoms with van der Waals surface area (Å²) in [5.74, 6) is -2.04. The first kappa shape index (κ1) is 28.7. The van der Waals surface area contributed by atoms with E-state index in [-0.39, 0.29) is 39.4 Å². The maximum atomic E-state index is 14.2. The van der Waals surface area contributed by atoms with E-state index in [0.29, 0.717) is 0 Å². The van der Waals surface area contributed by atoms with Gasteiger partial charge in [0.15, 0.2) is 22.2 Å². The van der Waals surface area contributed by atoms with E-state index in [0.717, 1.165) is 11.3 Å². The van der Waals surface area contributed by atoms with Gasteiger partial charge in [-0.15, -0.1) is 0 Å². The van der Waals surface area contributed by atoms with Gasteiger partial charge in [-0.05, 0) is 46.8 Å². The zero-order chi connectivity index (χ0) is 27.0. The Morgan fingerprint density at radius 2 is 1.69 bits per heavy atom. The molecule has 1 atom stereocenters. The van der Waals surface area contributed by atoms with Crippen molar-refractivity contribution in [3.8, 4) is 11.5 Å². The van der Waals surface area contributed by atoms with Crippen LogP contribution in [0.2, 0.25) is 0 Å². The number of thiazole rings is 1. The highest BCUT2D eigenvalue weighted by atomic mass is 32.1. The number of carbonyl (C=O) groups is 3. The molecular weight excluding hydrogens is 495 g/mol. The summed E-state index contributed by atoms with van der Waals surface area (Å²) < 4.78 is 25.1. The van der Waals surface area contributed by atoms with E-state index in [1.165, 1.54) is 39.8 Å². The van der Waals surface area contributed by atoms with Crippen molar-refractivity contribution >= 4 is 47.1 Å². The minimum atomic E-state index is -4.10. The van der Waals surface area contributed by atoms with Crippen LogP contribution in [0.4, 0.5) is 5.13 Å². The first-order valence-corrected chi connectivity index (χ1v) is 13.4. The van der Waals surface area contributed by atoms with Crippen LogP contribution in [0, 0.1) is 5.41 Å². The van der Waals surface area contributed by atoms with Crippen molar-refractivity contribution in [1.82, 2.24) is 15.2 Å². The first-order valence-electron chi connectivity index (χ1n) is 10.9. The van der Waals surface area contributed by atoms with Crippen LogP contribution in [0.25, 0.3) is 11.5 Å². The summed E-state index contributed by atoms with van der Waals surface area (Å²) in [7, 11) is -4.10. The predicted octanol–water partition coefficient (Wildman–Crippen LogP) is 3.42. The van der Waals surface area contributed by atoms with Crippen molar-refractivity contribution in [3.05, 3.63) is 17.0 Å². The minimum Gasteiger partial charge on any atom is -0.480 e. The quantitative estimate of drug-likeness (QED) is 0.202. The molecule has 194 valence electrons. The smallest absolute Gasteiger partial charge is 0.326 e. The fourth-order valence-corrected chi connectivity index (χ4v) is 6.49. The van der Waals surface area contributed by atoms with E-state index in [1.54, 1.807) is 27.7 Å². The molecule has 2 heterocycles. The monoisotopic (exact) mass is 528 g/mol. The number of hydrogen-bond acceptors (Lipinski definition) is 9. The number of esters is 1. The van der Waals surface area contributed by atoms with Crippen LogP contribution < -0.4 is 21.4 Å². The number of anilines is 1. The molecule has 0 spiro atoms. The fraction of sp³-hybridized carbons (Fsp3) is 0.545. The van der Waals surface area contributed by atoms with Gasteiger partial charge < -0.3 is 20.0 Å². The number of nitrogens with two attached hydrogens (primary N) is 1. The number of rotatable bonds is 10. The second-order valence-corrected chi connectivity index (χ2v) is 13.2. The van der Waals surface area contributed by atoms with E-state index in [1.807, 2.05) is 0 Å². The molecule has 0 aromatic carbocycles. The number of furan rings is 1. The van der Waals surface area contributed by atoms with Crippen LogP contribution >= 0.6 is 18.8 Å². The number of nitrogens with one attached hydrogen (secondary N) is 2. The molecule has 11 nitrogen and oxygen atoms in total. The molecular formula is C22H33N4O7PS. The summed E-state index contributed by atoms with van der Waals surface area (Å²) in [4.78, 5) is 41.7. The third kappa shape index (κ3) is 6.38. The number of Topliss-reactive ketones (excluding diaryl/α,β-unsaturated/α-hetero) is 1. The van der Waals surface area contributed by atoms with Crippen molar-refractivity contribution in [3.63, 3.8) is 0 Å². The molecule has 5 N–H and O–H groups in total. The average Bonchev–Trinajstić information content (AvgIpc) is 3.32. The maximum absolute atomic E-state index is 14.2. The third-order valence-electron chi connectivity index (χ3n) is 4.86. The van der Waals surface area contributed by atoms with Crippen LogP contribution in [0.3, 0.4) is 0 Å². The Morgan fingerprint density at radius 3 is 2.20 bits per heavy atom. The molecule has 0 saturated carbocycles. The lowest BCUT2D eigenvalue weighted by molar-refractivity contribution is -0.148. The Kier molecular flexibility index (Phi) is 8.08. The van der Waals surface area contributed by atoms with E-state index >= 15 is 0 Å². The van der Waals surface area contributed by atoms with E-state index in [2.05, 4.69) is 15.2 Å². The Morgan fingerprint density at radius 1 is 1.11 bits per heavy atom. The number of carbonyl (C=O) groups excluding carboxylic acids is 2. The molecule has 0 radical (unpaired) electrons. The van der Waals surface area contributed by atoms with E-state index in [9.17, 15) is 24.1 Å². The van der Waals surface area contributed by atoms with Gasteiger partial charge >= 0.3 is 11.9 Å². The maximum Gasteiger partial charge on any atom is 0.326 e. The lowest BCUT2D eigenvalue weighted by Gasteiger charge is -2.33. The number of hydrogen-bond donors (Lipinski definition) is 4. The van der Waals surface area contributed by atoms with Crippen molar-refractivity contribution in [2.24, 2.45) is 5.41 Å². The number of ether oxygens (including phenoxy) is 1. The molecule has 1 unspecified atom stereocenters. The van der Waals surface area contributed by atoms with Crippen LogP contribution in [0.15, 0.2) is 16.5 Å². The molecule has 0 fully saturated rings. The highest BCUT2D eigenvalue weighted by Gasteiger charge is 2.45. The second-order valence-electron chi connectivity index (χ2n) is 10.1. The fourth-order valence-electron chi connectivity index (χ4n) is 2.95. The van der Waals surface area contributed by atoms with Crippen molar-refractivity contribution in [2.75, 3.05) is 12.3 Å². The Labute approximate surface area is 208 Å². The number of aromatic nitrogens is 1. The summed E-state index contributed by atoms with van der Waals surface area (Å²) in [5, 5.41) is 15.1. The molecule has 2 rings (SSSR count). The number of carboxylic acid groups (broad SMARTS) is 1. The summed E-state index contributed by atoms with van der Waals surface area (Å²) in [5.41, 5.74) is 2.04. The molecule has 35 heavy (non-hydrogen) atoms. The molecule has 0 aliphatic heterocycles.